The smallest absolute Gasteiger partial charge is 0.119 e. The second-order valence-corrected chi connectivity index (χ2v) is 12.5. The maximum atomic E-state index is 6.10. The van der Waals surface area contributed by atoms with Crippen molar-refractivity contribution < 1.29 is 9.47 Å². The molecule has 0 saturated carbocycles. The average Bonchev–Trinajstić information content (AvgIpc) is 2.46. The van der Waals surface area contributed by atoms with Gasteiger partial charge in [-0.25, -0.2) is 0 Å². The first kappa shape index (κ1) is 17.4. The van der Waals surface area contributed by atoms with E-state index in [0.29, 0.717) is 0 Å². The molecule has 2 nitrogen and oxygen atoms in total. The summed E-state index contributed by atoms with van der Waals surface area (Å²) in [6, 6.07) is 6.42. The molecule has 0 radical (unpaired) electrons. The van der Waals surface area contributed by atoms with E-state index in [2.05, 4.69) is 37.8 Å². The number of hydrogen-bond acceptors (Lipinski definition) is 2. The average molecular weight is 321 g/mol. The molecule has 0 unspecified atom stereocenters. The van der Waals surface area contributed by atoms with Crippen molar-refractivity contribution in [2.75, 3.05) is 13.2 Å². The Hall–Kier alpha value is -0.963. The molecule has 2 bridgehead atoms. The summed E-state index contributed by atoms with van der Waals surface area (Å²) >= 11 is 0. The zero-order valence-electron chi connectivity index (χ0n) is 14.6. The molecule has 0 fully saturated rings. The second kappa shape index (κ2) is 8.61. The molecule has 3 heteroatoms. The summed E-state index contributed by atoms with van der Waals surface area (Å²) in [6.45, 7) is 8.80. The predicted molar refractivity (Wildman–Crippen MR) is 97.3 cm³/mol. The van der Waals surface area contributed by atoms with Crippen LogP contribution in [0.5, 0.6) is 11.5 Å². The Morgan fingerprint density at radius 2 is 1.27 bits per heavy atom. The van der Waals surface area contributed by atoms with E-state index >= 15 is 0 Å². The van der Waals surface area contributed by atoms with Crippen molar-refractivity contribution in [2.45, 2.75) is 71.0 Å². The molecule has 0 saturated heterocycles. The molecule has 0 amide bonds. The first-order valence-electron chi connectivity index (χ1n) is 8.97. The zero-order chi connectivity index (χ0) is 15.8. The van der Waals surface area contributed by atoms with Gasteiger partial charge in [0.25, 0.3) is 0 Å². The van der Waals surface area contributed by atoms with Gasteiger partial charge in [-0.15, -0.1) is 0 Å². The Morgan fingerprint density at radius 1 is 0.727 bits per heavy atom. The fraction of sp³-hybridized carbons (Fsp3) is 0.684. The molecule has 124 valence electrons. The molecule has 1 aromatic rings. The first-order chi connectivity index (χ1) is 10.6. The van der Waals surface area contributed by atoms with Crippen LogP contribution in [0.4, 0.5) is 0 Å². The van der Waals surface area contributed by atoms with Gasteiger partial charge in [0.15, 0.2) is 0 Å². The summed E-state index contributed by atoms with van der Waals surface area (Å²) in [4.78, 5) is 0. The van der Waals surface area contributed by atoms with Crippen LogP contribution in [0.2, 0.25) is 19.6 Å². The van der Waals surface area contributed by atoms with Crippen LogP contribution in [0.15, 0.2) is 18.2 Å². The van der Waals surface area contributed by atoms with E-state index in [1.807, 2.05) is 0 Å². The third-order valence-electron chi connectivity index (χ3n) is 4.32. The molecular formula is C19H32O2Si. The van der Waals surface area contributed by atoms with Gasteiger partial charge in [-0.05, 0) is 36.2 Å². The highest BCUT2D eigenvalue weighted by molar-refractivity contribution is 6.89. The Bertz CT molecular complexity index is 451. The molecule has 1 aromatic carbocycles. The van der Waals surface area contributed by atoms with Gasteiger partial charge in [-0.1, -0.05) is 58.2 Å². The molecule has 3 rings (SSSR count). The summed E-state index contributed by atoms with van der Waals surface area (Å²) < 4.78 is 12.1. The van der Waals surface area contributed by atoms with Crippen LogP contribution in [0.3, 0.4) is 0 Å². The van der Waals surface area contributed by atoms with Gasteiger partial charge in [-0.2, -0.15) is 0 Å². The Morgan fingerprint density at radius 3 is 1.86 bits per heavy atom. The molecule has 2 aliphatic heterocycles. The van der Waals surface area contributed by atoms with E-state index in [0.717, 1.165) is 24.7 Å². The van der Waals surface area contributed by atoms with Crippen molar-refractivity contribution in [3.05, 3.63) is 18.2 Å². The minimum atomic E-state index is -1.43. The molecule has 22 heavy (non-hydrogen) atoms. The fourth-order valence-electron chi connectivity index (χ4n) is 2.95. The van der Waals surface area contributed by atoms with Gasteiger partial charge in [0.05, 0.1) is 21.3 Å². The van der Waals surface area contributed by atoms with Crippen molar-refractivity contribution in [1.29, 1.82) is 0 Å². The minimum Gasteiger partial charge on any atom is -0.494 e. The molecule has 2 heterocycles. The van der Waals surface area contributed by atoms with Crippen molar-refractivity contribution in [3.63, 3.8) is 0 Å². The quantitative estimate of drug-likeness (QED) is 0.668. The zero-order valence-corrected chi connectivity index (χ0v) is 15.6. The van der Waals surface area contributed by atoms with Crippen LogP contribution in [-0.4, -0.2) is 21.3 Å². The monoisotopic (exact) mass is 320 g/mol. The van der Waals surface area contributed by atoms with Crippen molar-refractivity contribution in [2.24, 2.45) is 0 Å². The van der Waals surface area contributed by atoms with Gasteiger partial charge in [0, 0.05) is 0 Å². The van der Waals surface area contributed by atoms with Gasteiger partial charge in [0.1, 0.15) is 11.5 Å². The van der Waals surface area contributed by atoms with E-state index in [-0.39, 0.29) is 0 Å². The normalized spacial score (nSPS) is 18.5. The molecule has 0 aromatic heterocycles. The van der Waals surface area contributed by atoms with Crippen molar-refractivity contribution in [3.8, 4) is 11.5 Å². The van der Waals surface area contributed by atoms with E-state index in [1.165, 1.54) is 56.6 Å². The van der Waals surface area contributed by atoms with Crippen LogP contribution in [0, 0.1) is 0 Å². The summed E-state index contributed by atoms with van der Waals surface area (Å²) in [5.41, 5.74) is 0. The van der Waals surface area contributed by atoms with Gasteiger partial charge >= 0.3 is 0 Å². The summed E-state index contributed by atoms with van der Waals surface area (Å²) in [6.07, 6.45) is 10.4. The molecule has 2 aliphatic rings. The molecule has 0 N–H and O–H groups in total. The summed E-state index contributed by atoms with van der Waals surface area (Å²) in [7, 11) is -1.43. The van der Waals surface area contributed by atoms with Crippen molar-refractivity contribution in [1.82, 2.24) is 0 Å². The number of hydrogen-bond donors (Lipinski definition) is 0. The number of fused-ring (bicyclic) bond motifs is 13. The lowest BCUT2D eigenvalue weighted by Gasteiger charge is -2.22. The summed E-state index contributed by atoms with van der Waals surface area (Å²) in [5, 5.41) is 1.39. The topological polar surface area (TPSA) is 18.5 Å². The van der Waals surface area contributed by atoms with Gasteiger partial charge in [0.2, 0.25) is 0 Å². The third-order valence-corrected chi connectivity index (χ3v) is 6.33. The lowest BCUT2D eigenvalue weighted by Crippen LogP contribution is -2.38. The number of rotatable bonds is 1. The van der Waals surface area contributed by atoms with E-state index in [1.54, 1.807) is 0 Å². The molecule has 0 atom stereocenters. The maximum Gasteiger partial charge on any atom is 0.119 e. The SMILES string of the molecule is C[Si](C)(C)c1cc2ccc1OCCCCCCCCCCO2. The molecule has 0 spiro atoms. The van der Waals surface area contributed by atoms with E-state index in [4.69, 9.17) is 9.47 Å². The number of ether oxygens (including phenoxy) is 2. The van der Waals surface area contributed by atoms with Crippen molar-refractivity contribution >= 4 is 13.3 Å². The van der Waals surface area contributed by atoms with Crippen LogP contribution >= 0.6 is 0 Å². The predicted octanol–water partition coefficient (Wildman–Crippen LogP) is 5.12. The van der Waals surface area contributed by atoms with Gasteiger partial charge < -0.3 is 9.47 Å². The van der Waals surface area contributed by atoms with Crippen LogP contribution in [0.25, 0.3) is 0 Å². The minimum absolute atomic E-state index is 0.839. The highest BCUT2D eigenvalue weighted by atomic mass is 28.3. The Kier molecular flexibility index (Phi) is 6.81. The fourth-order valence-corrected chi connectivity index (χ4v) is 4.42. The Labute approximate surface area is 137 Å². The number of benzene rings is 1. The van der Waals surface area contributed by atoms with Crippen LogP contribution in [-0.2, 0) is 0 Å². The largest absolute Gasteiger partial charge is 0.494 e. The highest BCUT2D eigenvalue weighted by Crippen LogP contribution is 2.21. The standard InChI is InChI=1S/C19H32O2Si/c1-22(2,3)19-16-17-12-13-18(19)21-15-11-9-7-5-4-6-8-10-14-20-17/h12-13,16H,4-11,14-15H2,1-3H3. The molecular weight excluding hydrogens is 288 g/mol. The lowest BCUT2D eigenvalue weighted by molar-refractivity contribution is 0.295. The van der Waals surface area contributed by atoms with E-state index < -0.39 is 8.07 Å². The second-order valence-electron chi connectivity index (χ2n) is 7.43. The first-order valence-corrected chi connectivity index (χ1v) is 12.5. The third kappa shape index (κ3) is 5.67. The highest BCUT2D eigenvalue weighted by Gasteiger charge is 2.22. The van der Waals surface area contributed by atoms with Crippen LogP contribution < -0.4 is 14.7 Å². The van der Waals surface area contributed by atoms with E-state index in [9.17, 15) is 0 Å². The summed E-state index contributed by atoms with van der Waals surface area (Å²) in [5.74, 6) is 2.09. The lowest BCUT2D eigenvalue weighted by atomic mass is 10.1. The maximum absolute atomic E-state index is 6.10. The molecule has 0 aliphatic carbocycles. The van der Waals surface area contributed by atoms with Gasteiger partial charge in [-0.3, -0.25) is 0 Å². The Balaban J connectivity index is 2.11. The van der Waals surface area contributed by atoms with Crippen LogP contribution in [0.1, 0.15) is 51.4 Å².